The van der Waals surface area contributed by atoms with Gasteiger partial charge in [0.25, 0.3) is 10.0 Å². The van der Waals surface area contributed by atoms with Crippen molar-refractivity contribution in [2.24, 2.45) is 15.5 Å². The number of sulfonamides is 1. The molecule has 0 amide bonds. The number of aromatic hydroxyl groups is 1. The minimum absolute atomic E-state index is 0. The maximum absolute atomic E-state index is 12.9. The number of anilines is 1. The number of benzene rings is 3. The number of hydrogen-bond acceptors (Lipinski definition) is 11. The summed E-state index contributed by atoms with van der Waals surface area (Å²) in [6, 6.07) is 11.1. The number of carbonyl (C=O) groups excluding carboxylic acids is 2. The molecular formula is C28H20Cl2K2N6O7S. The third kappa shape index (κ3) is 8.37. The van der Waals surface area contributed by atoms with E-state index < -0.39 is 43.4 Å². The van der Waals surface area contributed by atoms with Crippen molar-refractivity contribution in [2.75, 3.05) is 4.72 Å². The molecule has 1 aromatic heterocycles. The van der Waals surface area contributed by atoms with Gasteiger partial charge >= 0.3 is 103 Å². The third-order valence-electron chi connectivity index (χ3n) is 6.26. The van der Waals surface area contributed by atoms with E-state index in [0.29, 0.717) is 28.5 Å². The number of aromatic nitrogens is 3. The SMILES string of the molecule is CC(C)(C)C1=Nn2nc(-c3ccc(NS(=O)(=O)c4cc(C(=O)[O-])cc(C(=O)[O-])c4)cc3)nc2C1=Nc1cc(Cl)c(O)c(Cl)c1.[K+].[K+]. The van der Waals surface area contributed by atoms with Crippen LogP contribution in [-0.4, -0.2) is 51.8 Å². The molecule has 2 heterocycles. The van der Waals surface area contributed by atoms with Crippen LogP contribution >= 0.6 is 23.2 Å². The molecule has 5 rings (SSSR count). The Bertz CT molecular complexity index is 1990. The van der Waals surface area contributed by atoms with Gasteiger partial charge in [-0.15, -0.1) is 9.89 Å². The predicted octanol–water partition coefficient (Wildman–Crippen LogP) is -3.12. The molecule has 226 valence electrons. The summed E-state index contributed by atoms with van der Waals surface area (Å²) in [4.78, 5) is 32.5. The Hall–Kier alpha value is -1.52. The third-order valence-corrected chi connectivity index (χ3v) is 8.19. The number of halogens is 2. The number of aliphatic imine (C=N–C) groups is 1. The summed E-state index contributed by atoms with van der Waals surface area (Å²) in [6.07, 6.45) is 0. The van der Waals surface area contributed by atoms with Gasteiger partial charge in [0.05, 0.1) is 38.3 Å². The van der Waals surface area contributed by atoms with Crippen LogP contribution in [0.5, 0.6) is 5.75 Å². The normalized spacial score (nSPS) is 13.3. The van der Waals surface area contributed by atoms with E-state index >= 15 is 0 Å². The van der Waals surface area contributed by atoms with Crippen molar-refractivity contribution in [3.8, 4) is 17.1 Å². The van der Waals surface area contributed by atoms with Gasteiger partial charge in [0.1, 0.15) is 5.71 Å². The quantitative estimate of drug-likeness (QED) is 0.184. The number of carboxylic acids is 2. The van der Waals surface area contributed by atoms with Gasteiger partial charge in [-0.25, -0.2) is 18.4 Å². The van der Waals surface area contributed by atoms with Crippen molar-refractivity contribution >= 4 is 68.0 Å². The van der Waals surface area contributed by atoms with Crippen LogP contribution in [0, 0.1) is 5.41 Å². The van der Waals surface area contributed by atoms with Gasteiger partial charge in [0.15, 0.2) is 11.6 Å². The molecule has 46 heavy (non-hydrogen) atoms. The van der Waals surface area contributed by atoms with Crippen LogP contribution in [0.2, 0.25) is 10.0 Å². The minimum atomic E-state index is -4.40. The molecular weight excluding hydrogens is 714 g/mol. The first-order valence-corrected chi connectivity index (χ1v) is 14.8. The van der Waals surface area contributed by atoms with E-state index in [1.54, 1.807) is 0 Å². The van der Waals surface area contributed by atoms with Gasteiger partial charge in [-0.2, -0.15) is 5.10 Å². The molecule has 4 aromatic rings. The van der Waals surface area contributed by atoms with Gasteiger partial charge < -0.3 is 24.9 Å². The second-order valence-electron chi connectivity index (χ2n) is 10.6. The number of carboxylic acid groups (broad SMARTS) is 2. The summed E-state index contributed by atoms with van der Waals surface area (Å²) in [7, 11) is -4.40. The molecule has 0 bridgehead atoms. The molecule has 0 spiro atoms. The largest absolute Gasteiger partial charge is 1.00 e. The average molecular weight is 734 g/mol. The molecule has 0 aliphatic carbocycles. The van der Waals surface area contributed by atoms with E-state index in [9.17, 15) is 33.3 Å². The fourth-order valence-corrected chi connectivity index (χ4v) is 5.74. The Morgan fingerprint density at radius 2 is 1.48 bits per heavy atom. The van der Waals surface area contributed by atoms with Crippen LogP contribution in [-0.2, 0) is 10.0 Å². The summed E-state index contributed by atoms with van der Waals surface area (Å²) in [5.41, 5.74) is 0.211. The Morgan fingerprint density at radius 3 is 1.98 bits per heavy atom. The van der Waals surface area contributed by atoms with Gasteiger partial charge in [-0.1, -0.05) is 44.0 Å². The second-order valence-corrected chi connectivity index (χ2v) is 13.1. The summed E-state index contributed by atoms with van der Waals surface area (Å²) >= 11 is 12.2. The van der Waals surface area contributed by atoms with Crippen LogP contribution in [0.1, 0.15) is 47.3 Å². The molecule has 0 atom stereocenters. The number of phenolic OH excluding ortho intramolecular Hbond substituents is 1. The summed E-state index contributed by atoms with van der Waals surface area (Å²) < 4.78 is 28.1. The first-order chi connectivity index (χ1) is 20.5. The van der Waals surface area contributed by atoms with E-state index in [4.69, 9.17) is 23.2 Å². The van der Waals surface area contributed by atoms with E-state index in [1.165, 1.54) is 41.2 Å². The maximum atomic E-state index is 12.9. The number of fused-ring (bicyclic) bond motifs is 1. The monoisotopic (exact) mass is 732 g/mol. The van der Waals surface area contributed by atoms with Crippen molar-refractivity contribution in [1.29, 1.82) is 0 Å². The number of phenols is 1. The molecule has 18 heteroatoms. The topological polar surface area (TPSA) is 202 Å². The molecule has 0 radical (unpaired) electrons. The van der Waals surface area contributed by atoms with Gasteiger partial charge in [-0.05, 0) is 65.7 Å². The number of aromatic carboxylic acids is 2. The van der Waals surface area contributed by atoms with E-state index in [0.717, 1.165) is 18.2 Å². The maximum Gasteiger partial charge on any atom is 1.00 e. The minimum Gasteiger partial charge on any atom is -0.545 e. The molecule has 13 nitrogen and oxygen atoms in total. The molecule has 0 saturated heterocycles. The number of nitrogens with zero attached hydrogens (tertiary/aromatic N) is 5. The fraction of sp³-hybridized carbons (Fsp3) is 0.143. The smallest absolute Gasteiger partial charge is 0.545 e. The first-order valence-electron chi connectivity index (χ1n) is 12.6. The molecule has 0 fully saturated rings. The Labute approximate surface area is 358 Å². The van der Waals surface area contributed by atoms with Gasteiger partial charge in [0.2, 0.25) is 5.82 Å². The van der Waals surface area contributed by atoms with E-state index in [1.807, 2.05) is 20.8 Å². The van der Waals surface area contributed by atoms with Crippen LogP contribution in [0.15, 0.2) is 69.6 Å². The van der Waals surface area contributed by atoms with E-state index in [-0.39, 0.29) is 130 Å². The van der Waals surface area contributed by atoms with Crippen molar-refractivity contribution in [2.45, 2.75) is 25.7 Å². The summed E-state index contributed by atoms with van der Waals surface area (Å²) in [6.45, 7) is 5.83. The van der Waals surface area contributed by atoms with Crippen molar-refractivity contribution in [3.05, 3.63) is 81.6 Å². The van der Waals surface area contributed by atoms with Crippen molar-refractivity contribution in [3.63, 3.8) is 0 Å². The van der Waals surface area contributed by atoms with Crippen LogP contribution in [0.3, 0.4) is 0 Å². The molecule has 3 aromatic carbocycles. The summed E-state index contributed by atoms with van der Waals surface area (Å²) in [5.74, 6) is -3.20. The van der Waals surface area contributed by atoms with Gasteiger partial charge in [-0.3, -0.25) is 4.72 Å². The molecule has 1 aliphatic heterocycles. The number of carbonyl (C=O) groups is 2. The second kappa shape index (κ2) is 14.9. The Morgan fingerprint density at radius 1 is 0.935 bits per heavy atom. The molecule has 1 aliphatic rings. The number of rotatable bonds is 7. The van der Waals surface area contributed by atoms with Crippen LogP contribution in [0.4, 0.5) is 11.4 Å². The fourth-order valence-electron chi connectivity index (χ4n) is 4.14. The summed E-state index contributed by atoms with van der Waals surface area (Å²) in [5, 5.41) is 41.5. The Balaban J connectivity index is 0.00000288. The zero-order chi connectivity index (χ0) is 32.1. The molecule has 2 N–H and O–H groups in total. The average Bonchev–Trinajstić information content (AvgIpc) is 3.51. The van der Waals surface area contributed by atoms with Crippen LogP contribution < -0.4 is 118 Å². The zero-order valence-corrected chi connectivity index (χ0v) is 33.6. The van der Waals surface area contributed by atoms with Crippen molar-refractivity contribution < 1.29 is 136 Å². The van der Waals surface area contributed by atoms with Crippen LogP contribution in [0.25, 0.3) is 11.4 Å². The van der Waals surface area contributed by atoms with E-state index in [2.05, 4.69) is 24.9 Å². The standard InChI is InChI=1S/C28H22Cl2N6O7S.2K/c1-28(2,3)23-21(31-17-11-19(29)22(37)20(30)12-17)25-32-24(34-36(25)33-23)13-4-6-16(7-5-13)35-44(42,43)18-9-14(26(38)39)8-15(10-18)27(40)41;;/h4-12,35,37H,1-3H3,(H,38,39)(H,40,41);;/q;2*+1/p-2. The van der Waals surface area contributed by atoms with Crippen molar-refractivity contribution in [1.82, 2.24) is 14.9 Å². The first kappa shape index (κ1) is 38.9. The molecule has 0 unspecified atom stereocenters. The molecule has 0 saturated carbocycles. The zero-order valence-electron chi connectivity index (χ0n) is 25.0. The number of hydrogen-bond donors (Lipinski definition) is 2. The number of nitrogens with one attached hydrogen (secondary N) is 1. The predicted molar refractivity (Wildman–Crippen MR) is 158 cm³/mol. The van der Waals surface area contributed by atoms with Gasteiger partial charge in [0, 0.05) is 16.7 Å². The Kier molecular flexibility index (Phi) is 12.6.